The lowest BCUT2D eigenvalue weighted by Crippen LogP contribution is -2.31. The van der Waals surface area contributed by atoms with Crippen LogP contribution in [0.15, 0.2) is 128 Å². The van der Waals surface area contributed by atoms with E-state index in [4.69, 9.17) is 0 Å². The molecule has 1 aliphatic rings. The van der Waals surface area contributed by atoms with Crippen molar-refractivity contribution in [1.29, 1.82) is 0 Å². The van der Waals surface area contributed by atoms with Gasteiger partial charge in [-0.25, -0.2) is 0 Å². The summed E-state index contributed by atoms with van der Waals surface area (Å²) in [5, 5.41) is 2.99. The third-order valence-electron chi connectivity index (χ3n) is 7.31. The fourth-order valence-corrected chi connectivity index (χ4v) is 5.31. The lowest BCUT2D eigenvalue weighted by atomic mass is 9.99. The van der Waals surface area contributed by atoms with Crippen LogP contribution in [0.2, 0.25) is 0 Å². The maximum atomic E-state index is 13.7. The minimum Gasteiger partial charge on any atom is -0.365 e. The van der Waals surface area contributed by atoms with Crippen molar-refractivity contribution < 1.29 is 9.59 Å². The van der Waals surface area contributed by atoms with Crippen molar-refractivity contribution in [2.75, 3.05) is 28.2 Å². The van der Waals surface area contributed by atoms with Gasteiger partial charge in [0.2, 0.25) is 0 Å². The summed E-state index contributed by atoms with van der Waals surface area (Å²) in [7, 11) is 0. The van der Waals surface area contributed by atoms with Gasteiger partial charge in [0.15, 0.2) is 0 Å². The van der Waals surface area contributed by atoms with Gasteiger partial charge in [-0.05, 0) is 71.6 Å². The Kier molecular flexibility index (Phi) is 7.54. The number of para-hydroxylation sites is 2. The maximum Gasteiger partial charge on any atom is 0.258 e. The Morgan fingerprint density at radius 1 is 0.732 bits per heavy atom. The van der Waals surface area contributed by atoms with Crippen molar-refractivity contribution >= 4 is 28.9 Å². The van der Waals surface area contributed by atoms with Crippen molar-refractivity contribution in [3.05, 3.63) is 144 Å². The number of amides is 2. The quantitative estimate of drug-likeness (QED) is 0.251. The molecule has 202 valence electrons. The molecule has 0 aliphatic carbocycles. The van der Waals surface area contributed by atoms with Gasteiger partial charge >= 0.3 is 0 Å². The maximum absolute atomic E-state index is 13.7. The fraction of sp³-hybridized carbons (Fsp3) is 0.114. The second-order valence-corrected chi connectivity index (χ2v) is 10.0. The number of rotatable bonds is 6. The zero-order valence-electron chi connectivity index (χ0n) is 22.6. The number of pyridine rings is 1. The van der Waals surface area contributed by atoms with Gasteiger partial charge in [-0.1, -0.05) is 66.7 Å². The van der Waals surface area contributed by atoms with E-state index in [0.29, 0.717) is 23.4 Å². The summed E-state index contributed by atoms with van der Waals surface area (Å²) in [6.07, 6.45) is 4.51. The van der Waals surface area contributed by atoms with Crippen molar-refractivity contribution in [1.82, 2.24) is 4.98 Å². The molecule has 0 saturated carbocycles. The van der Waals surface area contributed by atoms with Crippen LogP contribution in [0.1, 0.15) is 32.7 Å². The number of carbonyl (C=O) groups is 2. The molecule has 0 atom stereocenters. The van der Waals surface area contributed by atoms with E-state index < -0.39 is 0 Å². The lowest BCUT2D eigenvalue weighted by Gasteiger charge is -2.27. The van der Waals surface area contributed by atoms with E-state index in [2.05, 4.69) is 27.3 Å². The van der Waals surface area contributed by atoms with Crippen LogP contribution in [0, 0.1) is 0 Å². The van der Waals surface area contributed by atoms with Crippen molar-refractivity contribution in [2.45, 2.75) is 13.0 Å². The van der Waals surface area contributed by atoms with Crippen LogP contribution in [0.4, 0.5) is 17.1 Å². The van der Waals surface area contributed by atoms with Gasteiger partial charge in [-0.15, -0.1) is 0 Å². The van der Waals surface area contributed by atoms with E-state index in [9.17, 15) is 9.59 Å². The predicted molar refractivity (Wildman–Crippen MR) is 164 cm³/mol. The Labute approximate surface area is 239 Å². The molecule has 5 aromatic rings. The monoisotopic (exact) mass is 538 g/mol. The first-order valence-corrected chi connectivity index (χ1v) is 13.8. The average molecular weight is 539 g/mol. The number of nitrogens with zero attached hydrogens (tertiary/aromatic N) is 3. The molecule has 6 rings (SSSR count). The highest BCUT2D eigenvalue weighted by Gasteiger charge is 2.25. The van der Waals surface area contributed by atoms with Gasteiger partial charge in [0.05, 0.1) is 11.4 Å². The summed E-state index contributed by atoms with van der Waals surface area (Å²) in [4.78, 5) is 35.4. The summed E-state index contributed by atoms with van der Waals surface area (Å²) < 4.78 is 0. The fourth-order valence-electron chi connectivity index (χ4n) is 5.31. The first kappa shape index (κ1) is 26.0. The largest absolute Gasteiger partial charge is 0.365 e. The molecule has 0 bridgehead atoms. The van der Waals surface area contributed by atoms with Gasteiger partial charge in [0.25, 0.3) is 11.8 Å². The number of anilines is 3. The van der Waals surface area contributed by atoms with Crippen LogP contribution in [-0.2, 0) is 6.54 Å². The smallest absolute Gasteiger partial charge is 0.258 e. The van der Waals surface area contributed by atoms with E-state index in [0.717, 1.165) is 47.6 Å². The van der Waals surface area contributed by atoms with E-state index >= 15 is 0 Å². The van der Waals surface area contributed by atoms with E-state index in [1.54, 1.807) is 30.5 Å². The van der Waals surface area contributed by atoms with Crippen molar-refractivity contribution in [2.24, 2.45) is 0 Å². The van der Waals surface area contributed by atoms with Gasteiger partial charge < -0.3 is 15.1 Å². The highest BCUT2D eigenvalue weighted by molar-refractivity contribution is 6.10. The first-order valence-electron chi connectivity index (χ1n) is 13.8. The van der Waals surface area contributed by atoms with Crippen LogP contribution in [-0.4, -0.2) is 29.9 Å². The SMILES string of the molecule is O=C(Nc1ccc(C(=O)N2CCCN(Cc3cccnc3)c3ccccc32)cc1)c1ccccc1-c1ccccc1. The topological polar surface area (TPSA) is 65.5 Å². The van der Waals surface area contributed by atoms with Crippen molar-refractivity contribution in [3.63, 3.8) is 0 Å². The van der Waals surface area contributed by atoms with Crippen LogP contribution in [0.25, 0.3) is 11.1 Å². The molecule has 0 spiro atoms. The number of benzene rings is 4. The molecule has 41 heavy (non-hydrogen) atoms. The third kappa shape index (κ3) is 5.72. The highest BCUT2D eigenvalue weighted by atomic mass is 16.2. The van der Waals surface area contributed by atoms with Crippen LogP contribution in [0.5, 0.6) is 0 Å². The third-order valence-corrected chi connectivity index (χ3v) is 7.31. The Morgan fingerprint density at radius 2 is 1.46 bits per heavy atom. The number of aromatic nitrogens is 1. The first-order chi connectivity index (χ1) is 20.2. The molecular formula is C35H30N4O2. The lowest BCUT2D eigenvalue weighted by molar-refractivity contribution is 0.0986. The molecule has 0 radical (unpaired) electrons. The summed E-state index contributed by atoms with van der Waals surface area (Å²) in [6.45, 7) is 2.19. The Morgan fingerprint density at radius 3 is 2.24 bits per heavy atom. The molecule has 1 aromatic heterocycles. The Bertz CT molecular complexity index is 1650. The Balaban J connectivity index is 1.19. The molecule has 0 unspecified atom stereocenters. The minimum absolute atomic E-state index is 0.0621. The molecule has 6 heteroatoms. The zero-order chi connectivity index (χ0) is 28.0. The summed E-state index contributed by atoms with van der Waals surface area (Å²) in [6, 6.07) is 36.6. The summed E-state index contributed by atoms with van der Waals surface area (Å²) >= 11 is 0. The molecule has 2 heterocycles. The van der Waals surface area contributed by atoms with Crippen LogP contribution >= 0.6 is 0 Å². The second-order valence-electron chi connectivity index (χ2n) is 10.0. The highest BCUT2D eigenvalue weighted by Crippen LogP contribution is 2.34. The van der Waals surface area contributed by atoms with E-state index in [1.807, 2.05) is 90.0 Å². The molecule has 0 fully saturated rings. The Hall–Kier alpha value is -5.23. The molecule has 0 saturated heterocycles. The number of hydrogen-bond acceptors (Lipinski definition) is 4. The van der Waals surface area contributed by atoms with Crippen LogP contribution in [0.3, 0.4) is 0 Å². The molecule has 4 aromatic carbocycles. The average Bonchev–Trinajstić information content (AvgIpc) is 3.21. The van der Waals surface area contributed by atoms with Gasteiger partial charge in [-0.2, -0.15) is 0 Å². The zero-order valence-corrected chi connectivity index (χ0v) is 22.6. The molecule has 1 aliphatic heterocycles. The second kappa shape index (κ2) is 11.9. The molecule has 2 amide bonds. The minimum atomic E-state index is -0.196. The molecule has 6 nitrogen and oxygen atoms in total. The number of fused-ring (bicyclic) bond motifs is 1. The molecular weight excluding hydrogens is 508 g/mol. The van der Waals surface area contributed by atoms with Gasteiger partial charge in [-0.3, -0.25) is 14.6 Å². The van der Waals surface area contributed by atoms with Crippen LogP contribution < -0.4 is 15.1 Å². The summed E-state index contributed by atoms with van der Waals surface area (Å²) in [5.41, 5.74) is 6.71. The van der Waals surface area contributed by atoms with E-state index in [1.165, 1.54) is 0 Å². The van der Waals surface area contributed by atoms with Crippen molar-refractivity contribution in [3.8, 4) is 11.1 Å². The number of nitrogens with one attached hydrogen (secondary N) is 1. The van der Waals surface area contributed by atoms with Gasteiger partial charge in [0.1, 0.15) is 0 Å². The number of hydrogen-bond donors (Lipinski definition) is 1. The van der Waals surface area contributed by atoms with E-state index in [-0.39, 0.29) is 11.8 Å². The standard InChI is InChI=1S/C35H30N4O2/c40-34(31-14-5-4-13-30(31)27-11-2-1-3-12-27)37-29-19-17-28(18-20-29)35(41)39-23-9-22-38(25-26-10-8-21-36-24-26)32-15-6-7-16-33(32)39/h1-8,10-21,24H,9,22-23,25H2,(H,37,40). The molecule has 1 N–H and O–H groups in total. The number of carbonyl (C=O) groups excluding carboxylic acids is 2. The normalized spacial score (nSPS) is 12.8. The predicted octanol–water partition coefficient (Wildman–Crippen LogP) is 7.06. The van der Waals surface area contributed by atoms with Gasteiger partial charge in [0, 0.05) is 48.8 Å². The summed E-state index contributed by atoms with van der Waals surface area (Å²) in [5.74, 6) is -0.258.